The van der Waals surface area contributed by atoms with Gasteiger partial charge in [-0.2, -0.15) is 0 Å². The van der Waals surface area contributed by atoms with Crippen LogP contribution in [0.5, 0.6) is 0 Å². The summed E-state index contributed by atoms with van der Waals surface area (Å²) in [5.74, 6) is -0.156. The van der Waals surface area contributed by atoms with Crippen LogP contribution in [-0.2, 0) is 0 Å². The van der Waals surface area contributed by atoms with Crippen LogP contribution >= 0.6 is 27.3 Å². The molecular weight excluding hydrogens is 282 g/mol. The van der Waals surface area contributed by atoms with Gasteiger partial charge >= 0.3 is 6.03 Å². The molecule has 4 N–H and O–H groups in total. The first-order valence-corrected chi connectivity index (χ1v) is 5.77. The highest BCUT2D eigenvalue weighted by Crippen LogP contribution is 2.21. The molecule has 0 atom stereocenters. The van der Waals surface area contributed by atoms with Crippen LogP contribution in [0.1, 0.15) is 9.67 Å². The Bertz CT molecular complexity index is 367. The van der Waals surface area contributed by atoms with Gasteiger partial charge in [0, 0.05) is 13.1 Å². The van der Waals surface area contributed by atoms with E-state index in [2.05, 4.69) is 26.6 Å². The summed E-state index contributed by atoms with van der Waals surface area (Å²) in [7, 11) is 0. The van der Waals surface area contributed by atoms with Gasteiger partial charge in [0.2, 0.25) is 0 Å². The van der Waals surface area contributed by atoms with Crippen molar-refractivity contribution in [1.82, 2.24) is 10.6 Å². The Balaban J connectivity index is 2.28. The highest BCUT2D eigenvalue weighted by Gasteiger charge is 2.06. The molecule has 3 amide bonds. The number of nitrogens with two attached hydrogens (primary N) is 1. The summed E-state index contributed by atoms with van der Waals surface area (Å²) in [6.07, 6.45) is 0. The summed E-state index contributed by atoms with van der Waals surface area (Å²) in [5.41, 5.74) is 4.86. The van der Waals surface area contributed by atoms with E-state index < -0.39 is 6.03 Å². The van der Waals surface area contributed by atoms with E-state index in [1.54, 1.807) is 12.1 Å². The van der Waals surface area contributed by atoms with Gasteiger partial charge in [-0.15, -0.1) is 11.3 Å². The Kier molecular flexibility index (Phi) is 4.57. The summed E-state index contributed by atoms with van der Waals surface area (Å²) < 4.78 is 0.905. The van der Waals surface area contributed by atoms with Crippen LogP contribution < -0.4 is 16.4 Å². The Hall–Kier alpha value is -1.08. The highest BCUT2D eigenvalue weighted by atomic mass is 79.9. The van der Waals surface area contributed by atoms with Crippen molar-refractivity contribution in [3.8, 4) is 0 Å². The SMILES string of the molecule is NC(=O)NCCNC(=O)c1ccc(Br)s1. The van der Waals surface area contributed by atoms with Crippen molar-refractivity contribution in [1.29, 1.82) is 0 Å². The molecule has 0 aliphatic rings. The number of primary amides is 1. The molecule has 7 heteroatoms. The second kappa shape index (κ2) is 5.72. The van der Waals surface area contributed by atoms with Crippen molar-refractivity contribution in [3.63, 3.8) is 0 Å². The quantitative estimate of drug-likeness (QED) is 0.721. The lowest BCUT2D eigenvalue weighted by molar-refractivity contribution is 0.0958. The topological polar surface area (TPSA) is 84.2 Å². The molecule has 0 bridgehead atoms. The Labute approximate surface area is 99.2 Å². The van der Waals surface area contributed by atoms with E-state index >= 15 is 0 Å². The fourth-order valence-corrected chi connectivity index (χ4v) is 2.19. The fraction of sp³-hybridized carbons (Fsp3) is 0.250. The zero-order chi connectivity index (χ0) is 11.3. The van der Waals surface area contributed by atoms with Gasteiger partial charge in [0.1, 0.15) is 0 Å². The number of amides is 3. The number of thiophene rings is 1. The maximum absolute atomic E-state index is 11.4. The number of rotatable bonds is 4. The van der Waals surface area contributed by atoms with Crippen LogP contribution in [0.15, 0.2) is 15.9 Å². The highest BCUT2D eigenvalue weighted by molar-refractivity contribution is 9.11. The molecular formula is C8H10BrN3O2S. The lowest BCUT2D eigenvalue weighted by Crippen LogP contribution is -2.37. The Morgan fingerprint density at radius 2 is 2.00 bits per heavy atom. The van der Waals surface area contributed by atoms with E-state index in [1.165, 1.54) is 11.3 Å². The number of carbonyl (C=O) groups excluding carboxylic acids is 2. The summed E-state index contributed by atoms with van der Waals surface area (Å²) in [5, 5.41) is 5.02. The molecule has 0 spiro atoms. The molecule has 15 heavy (non-hydrogen) atoms. The van der Waals surface area contributed by atoms with Crippen LogP contribution in [0, 0.1) is 0 Å². The van der Waals surface area contributed by atoms with Crippen LogP contribution in [0.3, 0.4) is 0 Å². The van der Waals surface area contributed by atoms with Gasteiger partial charge in [-0.05, 0) is 28.1 Å². The molecule has 0 saturated carbocycles. The van der Waals surface area contributed by atoms with Crippen LogP contribution in [0.4, 0.5) is 4.79 Å². The van der Waals surface area contributed by atoms with Gasteiger partial charge in [-0.3, -0.25) is 4.79 Å². The zero-order valence-corrected chi connectivity index (χ0v) is 10.2. The van der Waals surface area contributed by atoms with E-state index in [0.29, 0.717) is 18.0 Å². The van der Waals surface area contributed by atoms with Gasteiger partial charge in [0.15, 0.2) is 0 Å². The minimum absolute atomic E-state index is 0.156. The van der Waals surface area contributed by atoms with E-state index in [4.69, 9.17) is 5.73 Å². The first kappa shape index (κ1) is 12.0. The first-order valence-electron chi connectivity index (χ1n) is 4.16. The van der Waals surface area contributed by atoms with E-state index in [-0.39, 0.29) is 5.91 Å². The predicted octanol–water partition coefficient (Wildman–Crippen LogP) is 0.909. The van der Waals surface area contributed by atoms with Gasteiger partial charge in [0.25, 0.3) is 5.91 Å². The molecule has 0 unspecified atom stereocenters. The van der Waals surface area contributed by atoms with E-state index in [9.17, 15) is 9.59 Å². The fourth-order valence-electron chi connectivity index (χ4n) is 0.885. The second-order valence-corrected chi connectivity index (χ2v) is 5.11. The number of hydrogen-bond acceptors (Lipinski definition) is 3. The molecule has 1 aromatic rings. The molecule has 82 valence electrons. The Morgan fingerprint density at radius 3 is 2.53 bits per heavy atom. The maximum Gasteiger partial charge on any atom is 0.312 e. The number of hydrogen-bond donors (Lipinski definition) is 3. The third-order valence-corrected chi connectivity index (χ3v) is 3.13. The monoisotopic (exact) mass is 291 g/mol. The number of carbonyl (C=O) groups is 2. The average Bonchev–Trinajstić information content (AvgIpc) is 2.59. The summed E-state index contributed by atoms with van der Waals surface area (Å²) in [4.78, 5) is 22.4. The lowest BCUT2D eigenvalue weighted by atomic mass is 10.4. The van der Waals surface area contributed by atoms with E-state index in [0.717, 1.165) is 3.79 Å². The smallest absolute Gasteiger partial charge is 0.312 e. The molecule has 0 aliphatic heterocycles. The number of nitrogens with one attached hydrogen (secondary N) is 2. The Morgan fingerprint density at radius 1 is 1.33 bits per heavy atom. The molecule has 1 rings (SSSR count). The van der Waals surface area contributed by atoms with Crippen molar-refractivity contribution in [2.45, 2.75) is 0 Å². The summed E-state index contributed by atoms with van der Waals surface area (Å²) >= 11 is 4.62. The second-order valence-electron chi connectivity index (χ2n) is 2.65. The average molecular weight is 292 g/mol. The third-order valence-electron chi connectivity index (χ3n) is 1.51. The molecule has 0 aromatic carbocycles. The standard InChI is InChI=1S/C8H10BrN3O2S/c9-6-2-1-5(15-6)7(13)11-3-4-12-8(10)14/h1-2H,3-4H2,(H,11,13)(H3,10,12,14). The van der Waals surface area contributed by atoms with Crippen molar-refractivity contribution >= 4 is 39.2 Å². The lowest BCUT2D eigenvalue weighted by Gasteiger charge is -2.03. The van der Waals surface area contributed by atoms with Crippen LogP contribution in [0.25, 0.3) is 0 Å². The molecule has 5 nitrogen and oxygen atoms in total. The third kappa shape index (κ3) is 4.30. The molecule has 0 aliphatic carbocycles. The number of urea groups is 1. The van der Waals surface area contributed by atoms with Crippen LogP contribution in [0.2, 0.25) is 0 Å². The largest absolute Gasteiger partial charge is 0.352 e. The van der Waals surface area contributed by atoms with Gasteiger partial charge in [0.05, 0.1) is 8.66 Å². The van der Waals surface area contributed by atoms with Gasteiger partial charge in [-0.25, -0.2) is 4.79 Å². The van der Waals surface area contributed by atoms with Crippen molar-refractivity contribution in [2.75, 3.05) is 13.1 Å². The molecule has 0 saturated heterocycles. The van der Waals surface area contributed by atoms with Crippen molar-refractivity contribution in [3.05, 3.63) is 20.8 Å². The van der Waals surface area contributed by atoms with Crippen molar-refractivity contribution in [2.24, 2.45) is 5.73 Å². The van der Waals surface area contributed by atoms with Crippen molar-refractivity contribution < 1.29 is 9.59 Å². The zero-order valence-electron chi connectivity index (χ0n) is 7.75. The van der Waals surface area contributed by atoms with Gasteiger partial charge in [-0.1, -0.05) is 0 Å². The molecule has 0 radical (unpaired) electrons. The molecule has 1 heterocycles. The minimum Gasteiger partial charge on any atom is -0.352 e. The van der Waals surface area contributed by atoms with Gasteiger partial charge < -0.3 is 16.4 Å². The molecule has 0 fully saturated rings. The summed E-state index contributed by atoms with van der Waals surface area (Å²) in [6.45, 7) is 0.685. The van der Waals surface area contributed by atoms with E-state index in [1.807, 2.05) is 0 Å². The molecule has 1 aromatic heterocycles. The first-order chi connectivity index (χ1) is 7.09. The van der Waals surface area contributed by atoms with Crippen LogP contribution in [-0.4, -0.2) is 25.0 Å². The predicted molar refractivity (Wildman–Crippen MR) is 61.9 cm³/mol. The normalized spacial score (nSPS) is 9.67. The minimum atomic E-state index is -0.594. The number of halogens is 1. The maximum atomic E-state index is 11.4. The summed E-state index contributed by atoms with van der Waals surface area (Å²) in [6, 6.07) is 2.94.